The molecule has 0 saturated carbocycles. The predicted octanol–water partition coefficient (Wildman–Crippen LogP) is 13.3. The average Bonchev–Trinajstić information content (AvgIpc) is 3.76. The molecule has 11 aromatic carbocycles. The topological polar surface area (TPSA) is 4.93 Å². The van der Waals surface area contributed by atoms with E-state index < -0.39 is 0 Å². The molecule has 2 aliphatic heterocycles. The minimum Gasteiger partial charge on any atom is -0.311 e. The van der Waals surface area contributed by atoms with Crippen molar-refractivity contribution in [3.63, 3.8) is 0 Å². The molecule has 0 saturated heterocycles. The minimum absolute atomic E-state index is 0.0306. The third-order valence-corrected chi connectivity index (χ3v) is 16.3. The Morgan fingerprint density at radius 2 is 0.620 bits per heavy atom. The first-order valence-electron chi connectivity index (χ1n) is 25.3. The lowest BCUT2D eigenvalue weighted by Crippen LogP contribution is -2.64. The number of rotatable bonds is 6. The van der Waals surface area contributed by atoms with Gasteiger partial charge in [0.25, 0.3) is 0 Å². The van der Waals surface area contributed by atoms with E-state index in [1.807, 2.05) is 0 Å². The van der Waals surface area contributed by atoms with Gasteiger partial charge in [0.1, 0.15) is 0 Å². The summed E-state index contributed by atoms with van der Waals surface area (Å²) in [6.45, 7) is 13.8. The van der Waals surface area contributed by atoms with Crippen LogP contribution in [0.4, 0.5) is 0 Å². The fraction of sp³-hybridized carbons (Fsp3) is 0.0882. The van der Waals surface area contributed by atoms with Gasteiger partial charge in [0.2, 0.25) is 13.4 Å². The second-order valence-corrected chi connectivity index (χ2v) is 20.6. The zero-order valence-electron chi connectivity index (χ0n) is 41.2. The van der Waals surface area contributed by atoms with Crippen LogP contribution in [0.15, 0.2) is 200 Å². The molecule has 2 aliphatic rings. The zero-order valence-corrected chi connectivity index (χ0v) is 41.2. The van der Waals surface area contributed by atoms with E-state index in [0.717, 1.165) is 0 Å². The number of benzene rings is 11. The lowest BCUT2D eigenvalue weighted by molar-refractivity contribution is 1.20. The number of fused-ring (bicyclic) bond motifs is 5. The Hall–Kier alpha value is -8.13. The van der Waals surface area contributed by atoms with Gasteiger partial charge in [-0.1, -0.05) is 244 Å². The number of aromatic nitrogens is 1. The van der Waals surface area contributed by atoms with Gasteiger partial charge in [-0.3, -0.25) is 0 Å². The van der Waals surface area contributed by atoms with Crippen LogP contribution in [0.3, 0.4) is 0 Å². The first-order valence-corrected chi connectivity index (χ1v) is 25.3. The van der Waals surface area contributed by atoms with Crippen molar-refractivity contribution in [2.24, 2.45) is 0 Å². The summed E-state index contributed by atoms with van der Waals surface area (Å²) in [7, 11) is 0. The van der Waals surface area contributed by atoms with Gasteiger partial charge in [0.15, 0.2) is 0 Å². The normalized spacial score (nSPS) is 12.6. The maximum atomic E-state index is 2.78. The van der Waals surface area contributed by atoms with Crippen LogP contribution in [-0.2, 0) is 0 Å². The Labute approximate surface area is 417 Å². The van der Waals surface area contributed by atoms with E-state index in [4.69, 9.17) is 0 Å². The third kappa shape index (κ3) is 6.02. The van der Waals surface area contributed by atoms with Crippen molar-refractivity contribution < 1.29 is 0 Å². The van der Waals surface area contributed by atoms with Crippen LogP contribution < -0.4 is 32.8 Å². The monoisotopic (exact) mass is 903 g/mol. The van der Waals surface area contributed by atoms with Gasteiger partial charge < -0.3 is 4.57 Å². The predicted molar refractivity (Wildman–Crippen MR) is 308 cm³/mol. The molecular formula is C68H51B2N. The summed E-state index contributed by atoms with van der Waals surface area (Å²) in [4.78, 5) is 0. The van der Waals surface area contributed by atoms with Crippen LogP contribution >= 0.6 is 0 Å². The molecule has 1 aromatic heterocycles. The van der Waals surface area contributed by atoms with E-state index >= 15 is 0 Å². The number of nitrogens with zero attached hydrogens (tertiary/aromatic N) is 1. The summed E-state index contributed by atoms with van der Waals surface area (Å²) in [5.41, 5.74) is 30.4. The molecule has 3 heterocycles. The largest absolute Gasteiger partial charge is 0.311 e. The highest BCUT2D eigenvalue weighted by Gasteiger charge is 2.46. The second kappa shape index (κ2) is 15.7. The van der Waals surface area contributed by atoms with Gasteiger partial charge in [0.05, 0.1) is 11.0 Å². The lowest BCUT2D eigenvalue weighted by Gasteiger charge is -2.37. The molecule has 12 aromatic rings. The highest BCUT2D eigenvalue weighted by Crippen LogP contribution is 2.47. The van der Waals surface area contributed by atoms with Crippen LogP contribution in [0, 0.1) is 41.5 Å². The second-order valence-electron chi connectivity index (χ2n) is 20.6. The van der Waals surface area contributed by atoms with E-state index in [0.29, 0.717) is 0 Å². The molecule has 0 N–H and O–H groups in total. The van der Waals surface area contributed by atoms with Crippen LogP contribution in [-0.4, -0.2) is 18.0 Å². The van der Waals surface area contributed by atoms with Crippen molar-refractivity contribution in [3.05, 3.63) is 234 Å². The van der Waals surface area contributed by atoms with E-state index in [1.165, 1.54) is 160 Å². The summed E-state index contributed by atoms with van der Waals surface area (Å²) in [6.07, 6.45) is 0. The van der Waals surface area contributed by atoms with Gasteiger partial charge in [-0.25, -0.2) is 0 Å². The smallest absolute Gasteiger partial charge is 0.248 e. The van der Waals surface area contributed by atoms with Crippen molar-refractivity contribution in [3.8, 4) is 50.2 Å². The van der Waals surface area contributed by atoms with E-state index in [2.05, 4.69) is 246 Å². The van der Waals surface area contributed by atoms with Crippen molar-refractivity contribution in [1.29, 1.82) is 0 Å². The fourth-order valence-electron chi connectivity index (χ4n) is 13.8. The molecule has 0 unspecified atom stereocenters. The van der Waals surface area contributed by atoms with Crippen molar-refractivity contribution in [2.75, 3.05) is 0 Å². The quantitative estimate of drug-likeness (QED) is 0.147. The molecule has 0 fully saturated rings. The minimum atomic E-state index is -0.0306. The Morgan fingerprint density at radius 1 is 0.296 bits per heavy atom. The summed E-state index contributed by atoms with van der Waals surface area (Å²) in [6, 6.07) is 76.1. The van der Waals surface area contributed by atoms with Gasteiger partial charge in [0, 0.05) is 16.5 Å². The Kier molecular flexibility index (Phi) is 9.24. The highest BCUT2D eigenvalue weighted by atomic mass is 15.0. The summed E-state index contributed by atoms with van der Waals surface area (Å²) in [5, 5.41) is 7.88. The van der Waals surface area contributed by atoms with E-state index in [9.17, 15) is 0 Å². The summed E-state index contributed by atoms with van der Waals surface area (Å²) < 4.78 is 2.78. The summed E-state index contributed by atoms with van der Waals surface area (Å²) in [5.74, 6) is 0. The van der Waals surface area contributed by atoms with Crippen LogP contribution in [0.5, 0.6) is 0 Å². The number of para-hydroxylation sites is 1. The lowest BCUT2D eigenvalue weighted by atomic mass is 9.29. The van der Waals surface area contributed by atoms with Gasteiger partial charge >= 0.3 is 0 Å². The van der Waals surface area contributed by atoms with Gasteiger partial charge in [-0.2, -0.15) is 0 Å². The molecule has 334 valence electrons. The molecule has 0 aliphatic carbocycles. The SMILES string of the molecule is Cc1cc(C)c(B2c3cccc4c3-n3c5c2c(-c2ccc(-c6ccccc6)cc2)c2ccccc2c5c2c5ccccc5c(-c5ccc(-c6ccccc6)cc5)c(c23)B4c2c(C)cc(C)cc2C)c(C)c1. The molecule has 0 radical (unpaired) electrons. The van der Waals surface area contributed by atoms with Crippen LogP contribution in [0.25, 0.3) is 93.5 Å². The molecule has 0 amide bonds. The van der Waals surface area contributed by atoms with Gasteiger partial charge in [-0.05, 0) is 129 Å². The maximum absolute atomic E-state index is 2.78. The highest BCUT2D eigenvalue weighted by molar-refractivity contribution is 7.03. The Bertz CT molecular complexity index is 3890. The molecule has 0 spiro atoms. The standard InChI is InChI=1S/C68H51B2N/c1-40-36-42(3)62(43(4)37-40)69-56-26-17-27-57-66(56)71-67-60(54-24-15-13-22-52(54)58(64(67)69)50-32-28-48(29-33-50)46-18-9-7-10-19-46)61-55-25-16-14-23-53(55)59(51-34-30-49(31-35-51)47-20-11-8-12-21-47)65(68(61)71)70(57)63-44(5)38-41(2)39-45(63)6/h7-39H,1-6H3. The molecule has 71 heavy (non-hydrogen) atoms. The molecule has 3 heteroatoms. The Balaban J connectivity index is 1.22. The molecule has 1 nitrogen and oxygen atoms in total. The maximum Gasteiger partial charge on any atom is 0.248 e. The zero-order chi connectivity index (χ0) is 47.8. The fourth-order valence-corrected chi connectivity index (χ4v) is 13.8. The Morgan fingerprint density at radius 3 is 1.00 bits per heavy atom. The first-order chi connectivity index (χ1) is 34.7. The van der Waals surface area contributed by atoms with Gasteiger partial charge in [-0.15, -0.1) is 0 Å². The van der Waals surface area contributed by atoms with E-state index in [1.54, 1.807) is 0 Å². The van der Waals surface area contributed by atoms with Crippen LogP contribution in [0.2, 0.25) is 0 Å². The third-order valence-electron chi connectivity index (χ3n) is 16.3. The summed E-state index contributed by atoms with van der Waals surface area (Å²) >= 11 is 0. The van der Waals surface area contributed by atoms with Crippen molar-refractivity contribution in [1.82, 2.24) is 4.57 Å². The number of aryl methyl sites for hydroxylation is 6. The molecule has 14 rings (SSSR count). The van der Waals surface area contributed by atoms with Crippen molar-refractivity contribution in [2.45, 2.75) is 41.5 Å². The van der Waals surface area contributed by atoms with Crippen LogP contribution in [0.1, 0.15) is 33.4 Å². The molecular weight excluding hydrogens is 852 g/mol. The first kappa shape index (κ1) is 41.8. The molecule has 0 bridgehead atoms. The van der Waals surface area contributed by atoms with Crippen molar-refractivity contribution >= 4 is 89.6 Å². The number of hydrogen-bond acceptors (Lipinski definition) is 0. The average molecular weight is 904 g/mol. The number of hydrogen-bond donors (Lipinski definition) is 0. The molecule has 0 atom stereocenters. The van der Waals surface area contributed by atoms with E-state index in [-0.39, 0.29) is 13.4 Å².